The van der Waals surface area contributed by atoms with Crippen LogP contribution in [-0.4, -0.2) is 0 Å². The molecule has 3 heterocycles. The van der Waals surface area contributed by atoms with Crippen LogP contribution in [0.3, 0.4) is 0 Å². The average Bonchev–Trinajstić information content (AvgIpc) is 3.78. The standard InChI is InChI=1S/C61H42N2O3/c1-3-15-52-56(4-2)64-58-38-44(40-16-7-5-8-17-40)30-36-54(58)62(52)46-32-26-42(27-33-46)48-20-13-22-50-51-23-14-21-49(61(51)66-60(48)50)43-28-34-47(35-29-43)63-53-24-11-12-25-57(53)65-59-39-45(31-37-55(59)63)41-18-9-6-10-19-41/h3-39H,1H2,2H3/b52-15+,56-4+. The van der Waals surface area contributed by atoms with Crippen molar-refractivity contribution in [3.63, 3.8) is 0 Å². The molecule has 0 bridgehead atoms. The monoisotopic (exact) mass is 850 g/mol. The van der Waals surface area contributed by atoms with Gasteiger partial charge < -0.3 is 23.7 Å². The molecule has 2 aliphatic rings. The van der Waals surface area contributed by atoms with Gasteiger partial charge in [0.2, 0.25) is 0 Å². The lowest BCUT2D eigenvalue weighted by molar-refractivity contribution is 0.423. The molecule has 10 aromatic rings. The van der Waals surface area contributed by atoms with E-state index in [0.717, 1.165) is 124 Å². The number of hydrogen-bond acceptors (Lipinski definition) is 5. The highest BCUT2D eigenvalue weighted by Gasteiger charge is 2.29. The molecule has 0 amide bonds. The van der Waals surface area contributed by atoms with Gasteiger partial charge in [-0.15, -0.1) is 0 Å². The lowest BCUT2D eigenvalue weighted by Gasteiger charge is -2.35. The zero-order valence-electron chi connectivity index (χ0n) is 36.2. The van der Waals surface area contributed by atoms with Crippen molar-refractivity contribution in [3.8, 4) is 61.8 Å². The molecule has 0 spiro atoms. The van der Waals surface area contributed by atoms with Crippen LogP contribution in [-0.2, 0) is 0 Å². The van der Waals surface area contributed by atoms with Crippen molar-refractivity contribution in [2.24, 2.45) is 0 Å². The zero-order valence-corrected chi connectivity index (χ0v) is 36.2. The minimum atomic E-state index is 0.767. The molecular formula is C61H42N2O3. The Morgan fingerprint density at radius 2 is 0.894 bits per heavy atom. The molecule has 2 aliphatic heterocycles. The van der Waals surface area contributed by atoms with E-state index < -0.39 is 0 Å². The number of rotatable bonds is 7. The Kier molecular flexibility index (Phi) is 9.46. The number of benzene rings is 9. The molecule has 66 heavy (non-hydrogen) atoms. The van der Waals surface area contributed by atoms with Crippen LogP contribution in [0.1, 0.15) is 6.92 Å². The average molecular weight is 851 g/mol. The van der Waals surface area contributed by atoms with Gasteiger partial charge >= 0.3 is 0 Å². The van der Waals surface area contributed by atoms with E-state index in [2.05, 4.69) is 198 Å². The zero-order chi connectivity index (χ0) is 44.1. The van der Waals surface area contributed by atoms with E-state index in [1.807, 2.05) is 49.4 Å². The second-order valence-corrected chi connectivity index (χ2v) is 16.4. The van der Waals surface area contributed by atoms with E-state index in [1.54, 1.807) is 0 Å². The van der Waals surface area contributed by atoms with Crippen LogP contribution >= 0.6 is 0 Å². The Balaban J connectivity index is 0.888. The number of anilines is 5. The lowest BCUT2D eigenvalue weighted by Crippen LogP contribution is -2.25. The van der Waals surface area contributed by atoms with Crippen LogP contribution in [0, 0.1) is 0 Å². The number of hydrogen-bond donors (Lipinski definition) is 0. The Hall–Kier alpha value is -8.80. The van der Waals surface area contributed by atoms with Crippen molar-refractivity contribution in [1.82, 2.24) is 0 Å². The van der Waals surface area contributed by atoms with Gasteiger partial charge in [-0.25, -0.2) is 0 Å². The first-order chi connectivity index (χ1) is 32.6. The smallest absolute Gasteiger partial charge is 0.152 e. The maximum absolute atomic E-state index is 6.95. The predicted molar refractivity (Wildman–Crippen MR) is 271 cm³/mol. The fraction of sp³-hybridized carbons (Fsp3) is 0.0164. The summed E-state index contributed by atoms with van der Waals surface area (Å²) in [6, 6.07) is 72.2. The Morgan fingerprint density at radius 3 is 1.45 bits per heavy atom. The summed E-state index contributed by atoms with van der Waals surface area (Å²) in [4.78, 5) is 4.52. The summed E-state index contributed by atoms with van der Waals surface area (Å²) in [5, 5.41) is 2.15. The third-order valence-electron chi connectivity index (χ3n) is 12.6. The van der Waals surface area contributed by atoms with Crippen LogP contribution in [0.5, 0.6) is 17.2 Å². The van der Waals surface area contributed by atoms with Crippen molar-refractivity contribution in [1.29, 1.82) is 0 Å². The molecule has 9 aromatic carbocycles. The quantitative estimate of drug-likeness (QED) is 0.160. The van der Waals surface area contributed by atoms with Crippen LogP contribution in [0.4, 0.5) is 28.4 Å². The SMILES string of the molecule is C=C/C=C1\C(=C/C)Oc2cc(-c3ccccc3)ccc2N1c1ccc(-c2cccc3c2oc2c(-c4ccc(N5c6ccccc6Oc6cc(-c7ccccc7)ccc65)cc4)cccc23)cc1. The van der Waals surface area contributed by atoms with Gasteiger partial charge in [0, 0.05) is 33.3 Å². The first-order valence-corrected chi connectivity index (χ1v) is 22.2. The lowest BCUT2D eigenvalue weighted by atomic mass is 9.99. The number of furan rings is 1. The molecule has 0 aliphatic carbocycles. The maximum Gasteiger partial charge on any atom is 0.152 e. The second kappa shape index (κ2) is 16.1. The van der Waals surface area contributed by atoms with Crippen LogP contribution in [0.2, 0.25) is 0 Å². The molecule has 0 N–H and O–H groups in total. The highest BCUT2D eigenvalue weighted by atomic mass is 16.5. The van der Waals surface area contributed by atoms with Gasteiger partial charge in [-0.05, 0) is 113 Å². The summed E-state index contributed by atoms with van der Waals surface area (Å²) in [5.41, 5.74) is 16.3. The van der Waals surface area contributed by atoms with Crippen LogP contribution in [0.25, 0.3) is 66.4 Å². The minimum absolute atomic E-state index is 0.767. The molecule has 1 aromatic heterocycles. The van der Waals surface area contributed by atoms with Gasteiger partial charge in [0.15, 0.2) is 17.2 Å². The molecule has 0 fully saturated rings. The van der Waals surface area contributed by atoms with Crippen molar-refractivity contribution in [2.75, 3.05) is 9.80 Å². The molecule has 314 valence electrons. The van der Waals surface area contributed by atoms with Gasteiger partial charge in [0.25, 0.3) is 0 Å². The van der Waals surface area contributed by atoms with Gasteiger partial charge in [-0.2, -0.15) is 0 Å². The third kappa shape index (κ3) is 6.56. The van der Waals surface area contributed by atoms with Crippen LogP contribution in [0.15, 0.2) is 247 Å². The number of ether oxygens (including phenoxy) is 2. The summed E-state index contributed by atoms with van der Waals surface area (Å²) in [6.45, 7) is 6.03. The predicted octanol–water partition coefficient (Wildman–Crippen LogP) is 17.3. The van der Waals surface area contributed by atoms with Gasteiger partial charge in [-0.1, -0.05) is 158 Å². The first kappa shape index (κ1) is 38.8. The molecule has 0 saturated carbocycles. The number of nitrogens with zero attached hydrogens (tertiary/aromatic N) is 2. The van der Waals surface area contributed by atoms with E-state index in [4.69, 9.17) is 13.9 Å². The minimum Gasteiger partial charge on any atom is -0.455 e. The van der Waals surface area contributed by atoms with E-state index in [9.17, 15) is 0 Å². The fourth-order valence-electron chi connectivity index (χ4n) is 9.46. The number of allylic oxidation sites excluding steroid dienone is 3. The van der Waals surface area contributed by atoms with Gasteiger partial charge in [-0.3, -0.25) is 0 Å². The molecule has 0 saturated heterocycles. The third-order valence-corrected chi connectivity index (χ3v) is 12.6. The van der Waals surface area contributed by atoms with E-state index in [0.29, 0.717) is 0 Å². The summed E-state index contributed by atoms with van der Waals surface area (Å²) in [5.74, 6) is 3.20. The molecule has 12 rings (SSSR count). The van der Waals surface area contributed by atoms with Crippen molar-refractivity contribution >= 4 is 50.4 Å². The molecular weight excluding hydrogens is 809 g/mol. The summed E-state index contributed by atoms with van der Waals surface area (Å²) in [6.07, 6.45) is 5.81. The first-order valence-electron chi connectivity index (χ1n) is 22.2. The topological polar surface area (TPSA) is 38.1 Å². The maximum atomic E-state index is 6.95. The molecule has 5 heteroatoms. The van der Waals surface area contributed by atoms with E-state index >= 15 is 0 Å². The van der Waals surface area contributed by atoms with Crippen molar-refractivity contribution in [3.05, 3.63) is 243 Å². The van der Waals surface area contributed by atoms with Crippen molar-refractivity contribution in [2.45, 2.75) is 6.92 Å². The summed E-state index contributed by atoms with van der Waals surface area (Å²) in [7, 11) is 0. The fourth-order valence-corrected chi connectivity index (χ4v) is 9.46. The van der Waals surface area contributed by atoms with E-state index in [1.165, 1.54) is 0 Å². The molecule has 5 nitrogen and oxygen atoms in total. The van der Waals surface area contributed by atoms with Crippen LogP contribution < -0.4 is 19.3 Å². The normalized spacial score (nSPS) is 14.1. The highest BCUT2D eigenvalue weighted by Crippen LogP contribution is 2.52. The second-order valence-electron chi connectivity index (χ2n) is 16.4. The van der Waals surface area contributed by atoms with Crippen molar-refractivity contribution < 1.29 is 13.9 Å². The Labute approximate surface area is 383 Å². The molecule has 0 unspecified atom stereocenters. The summed E-state index contributed by atoms with van der Waals surface area (Å²) >= 11 is 0. The summed E-state index contributed by atoms with van der Waals surface area (Å²) < 4.78 is 20.0. The Bertz CT molecular complexity index is 3550. The molecule has 0 atom stereocenters. The highest BCUT2D eigenvalue weighted by molar-refractivity contribution is 6.13. The largest absolute Gasteiger partial charge is 0.455 e. The number of fused-ring (bicyclic) bond motifs is 6. The number of para-hydroxylation sites is 4. The Morgan fingerprint density at radius 1 is 0.409 bits per heavy atom. The van der Waals surface area contributed by atoms with E-state index in [-0.39, 0.29) is 0 Å². The molecule has 0 radical (unpaired) electrons. The van der Waals surface area contributed by atoms with Gasteiger partial charge in [0.1, 0.15) is 16.9 Å². The van der Waals surface area contributed by atoms with Gasteiger partial charge in [0.05, 0.1) is 22.8 Å².